The predicted molar refractivity (Wildman–Crippen MR) is 596 cm³/mol. The Morgan fingerprint density at radius 1 is 0.308 bits per heavy atom. The number of ether oxygens (including phenoxy) is 4. The smallest absolute Gasteiger partial charge is 0.226 e. The highest BCUT2D eigenvalue weighted by molar-refractivity contribution is 8.00. The van der Waals surface area contributed by atoms with Crippen molar-refractivity contribution in [3.05, 3.63) is 226 Å². The van der Waals surface area contributed by atoms with E-state index >= 15 is 0 Å². The highest BCUT2D eigenvalue weighted by Gasteiger charge is 2.13. The maximum absolute atomic E-state index is 11.7. The molecular weight excluding hydrogens is 1720 g/mol. The number of hydrogen-bond acceptors (Lipinski definition) is 15. The summed E-state index contributed by atoms with van der Waals surface area (Å²) in [4.78, 5) is 29.6. The molecule has 1 amide bonds. The lowest BCUT2D eigenvalue weighted by Crippen LogP contribution is -2.24. The van der Waals surface area contributed by atoms with Gasteiger partial charge in [-0.3, -0.25) is 9.59 Å². The summed E-state index contributed by atoms with van der Waals surface area (Å²) in [5, 5.41) is 10.0. The van der Waals surface area contributed by atoms with Crippen molar-refractivity contribution in [3.8, 4) is 11.5 Å². The van der Waals surface area contributed by atoms with Crippen LogP contribution in [-0.2, 0) is 67.1 Å². The molecule has 0 saturated heterocycles. The van der Waals surface area contributed by atoms with Gasteiger partial charge in [0, 0.05) is 88.3 Å². The van der Waals surface area contributed by atoms with E-state index < -0.39 is 0 Å². The van der Waals surface area contributed by atoms with Crippen LogP contribution in [0.4, 0.5) is 5.69 Å². The Labute approximate surface area is 828 Å². The number of Topliss-reactive ketones (excluding diaryl/α,β-unsaturated/α-hetero) is 1. The van der Waals surface area contributed by atoms with E-state index in [4.69, 9.17) is 23.8 Å². The SMILES string of the molecule is CC(C)C.CC(C)C(=O)Nc1ccc(C(=O)C(C)C)cc1.CC(C)CONC(C)C.CC(C)Cc1ccc(CSC(C)C)cc1.CC(C)Cc1ccc(CSC(C)C)cc1.CC(C)Cc1ccc(CSC(C)C)cc1.CC(C)Oc1ccc(CSC(C)C)cc1.CC(C)Oc1ccc(CSC(C)C)cc1.CC(C)Sc1ccccc1.CNC(C)C.COC(C)C.COC(C)C. The van der Waals surface area contributed by atoms with Crippen LogP contribution < -0.4 is 25.6 Å². The van der Waals surface area contributed by atoms with Gasteiger partial charge >= 0.3 is 0 Å². The van der Waals surface area contributed by atoms with Gasteiger partial charge in [-0.15, -0.1) is 11.8 Å². The van der Waals surface area contributed by atoms with Crippen LogP contribution in [0, 0.1) is 41.4 Å². The van der Waals surface area contributed by atoms with Gasteiger partial charge in [-0.05, 0) is 257 Å². The molecule has 0 heterocycles. The molecule has 0 aliphatic carbocycles. The van der Waals surface area contributed by atoms with Crippen molar-refractivity contribution in [1.29, 1.82) is 0 Å². The summed E-state index contributed by atoms with van der Waals surface area (Å²) in [6, 6.07) is 62.6. The van der Waals surface area contributed by atoms with E-state index in [9.17, 15) is 9.59 Å². The molecule has 0 aliphatic heterocycles. The van der Waals surface area contributed by atoms with Crippen LogP contribution in [0.25, 0.3) is 0 Å². The molecule has 0 unspecified atom stereocenters. The van der Waals surface area contributed by atoms with Crippen molar-refractivity contribution in [2.24, 2.45) is 41.4 Å². The number of hydroxylamine groups is 1. The van der Waals surface area contributed by atoms with Crippen molar-refractivity contribution in [2.45, 2.75) is 391 Å². The molecule has 744 valence electrons. The Morgan fingerprint density at radius 2 is 0.569 bits per heavy atom. The van der Waals surface area contributed by atoms with Gasteiger partial charge in [0.15, 0.2) is 5.78 Å². The Bertz CT molecular complexity index is 3250. The van der Waals surface area contributed by atoms with Crippen molar-refractivity contribution in [3.63, 3.8) is 0 Å². The molecular formula is C114H195N3O7S6. The van der Waals surface area contributed by atoms with Crippen molar-refractivity contribution >= 4 is 87.9 Å². The number of carbonyl (C=O) groups excluding carboxylic acids is 2. The normalized spacial score (nSPS) is 10.8. The third-order valence-corrected chi connectivity index (χ3v) is 23.2. The summed E-state index contributed by atoms with van der Waals surface area (Å²) in [5.41, 5.74) is 15.7. The minimum atomic E-state index is -0.0491. The topological polar surface area (TPSA) is 116 Å². The Morgan fingerprint density at radius 3 is 0.769 bits per heavy atom. The standard InChI is InChI=1S/C14H19NO2.3C14H22S.2C13H20OS.C9H12S.C7H17NO.C4H11N.2C4H10O.C4H10/c1-9(2)13(16)11-5-7-12(8-6-11)15-14(17)10(3)4;3*1-11(2)9-13-5-7-14(8-6-13)10-15-12(3)4;2*1-10(2)14-13-7-5-12(6-8-13)9-15-11(3)4;1-8(2)10-9-6-4-3-5-7-9;1-6(2)5-9-8-7(3)4;3*1-4(2)5-3;1-4(2)3/h5-10H,1-4H3,(H,15,17);3*5-8,11-12H,9-10H2,1-4H3;2*5-8,10-11H,9H2,1-4H3;3-8H,1-2H3;6-8H,5H2,1-4H3;4-5H,1-3H3;2*4H,1-3H3;4H,1-3H3. The first-order valence-electron chi connectivity index (χ1n) is 48.4. The lowest BCUT2D eigenvalue weighted by atomic mass is 10.0. The summed E-state index contributed by atoms with van der Waals surface area (Å²) >= 11 is 11.8. The maximum atomic E-state index is 11.7. The fraction of sp³-hybridized carbons (Fsp3) is 0.614. The van der Waals surface area contributed by atoms with Crippen molar-refractivity contribution in [1.82, 2.24) is 10.8 Å². The number of amides is 1. The van der Waals surface area contributed by atoms with Crippen LogP contribution in [0.15, 0.2) is 181 Å². The van der Waals surface area contributed by atoms with Gasteiger partial charge in [-0.2, -0.15) is 58.8 Å². The van der Waals surface area contributed by atoms with E-state index in [0.29, 0.717) is 51.5 Å². The number of hydrogen-bond donors (Lipinski definition) is 3. The van der Waals surface area contributed by atoms with Gasteiger partial charge in [-0.1, -0.05) is 316 Å². The third kappa shape index (κ3) is 93.6. The molecule has 0 aromatic heterocycles. The molecule has 7 aromatic rings. The fourth-order valence-corrected chi connectivity index (χ4v) is 13.9. The Hall–Kier alpha value is -4.82. The fourth-order valence-electron chi connectivity index (χ4n) is 9.41. The summed E-state index contributed by atoms with van der Waals surface area (Å²) < 4.78 is 20.7. The van der Waals surface area contributed by atoms with Gasteiger partial charge in [0.25, 0.3) is 0 Å². The van der Waals surface area contributed by atoms with Gasteiger partial charge in [0.05, 0.1) is 31.0 Å². The molecule has 0 spiro atoms. The molecule has 130 heavy (non-hydrogen) atoms. The van der Waals surface area contributed by atoms with E-state index in [2.05, 4.69) is 349 Å². The molecule has 16 heteroatoms. The Kier molecular flexibility index (Phi) is 87.0. The highest BCUT2D eigenvalue weighted by atomic mass is 32.2. The van der Waals surface area contributed by atoms with E-state index in [1.165, 1.54) is 68.7 Å². The third-order valence-electron chi connectivity index (χ3n) is 16.4. The lowest BCUT2D eigenvalue weighted by Gasteiger charge is -2.10. The molecule has 0 aliphatic rings. The molecule has 0 fully saturated rings. The van der Waals surface area contributed by atoms with E-state index in [-0.39, 0.29) is 35.7 Å². The molecule has 0 saturated carbocycles. The van der Waals surface area contributed by atoms with E-state index in [1.807, 2.05) is 167 Å². The van der Waals surface area contributed by atoms with Gasteiger partial charge in [0.2, 0.25) is 5.91 Å². The average Bonchev–Trinajstić information content (AvgIpc) is 0.864. The minimum Gasteiger partial charge on any atom is -0.491 e. The predicted octanol–water partition coefficient (Wildman–Crippen LogP) is 34.0. The summed E-state index contributed by atoms with van der Waals surface area (Å²) in [6.07, 6.45) is 4.85. The van der Waals surface area contributed by atoms with E-state index in [1.54, 1.807) is 38.5 Å². The molecule has 10 nitrogen and oxygen atoms in total. The van der Waals surface area contributed by atoms with Crippen molar-refractivity contribution in [2.75, 3.05) is 33.2 Å². The number of benzene rings is 7. The quantitative estimate of drug-likeness (QED) is 0.0194. The van der Waals surface area contributed by atoms with Crippen molar-refractivity contribution < 1.29 is 33.4 Å². The van der Waals surface area contributed by atoms with Crippen LogP contribution in [0.2, 0.25) is 0 Å². The molecule has 0 bridgehead atoms. The second-order valence-electron chi connectivity index (χ2n) is 38.6. The second-order valence-corrected chi connectivity index (χ2v) is 48.1. The zero-order valence-electron chi connectivity index (χ0n) is 90.4. The summed E-state index contributed by atoms with van der Waals surface area (Å²) in [6.45, 7) is 83.9. The summed E-state index contributed by atoms with van der Waals surface area (Å²) in [7, 11) is 5.35. The molecule has 0 atom stereocenters. The minimum absolute atomic E-state index is 0.00824. The number of methoxy groups -OCH3 is 2. The first-order chi connectivity index (χ1) is 60.7. The van der Waals surface area contributed by atoms with E-state index in [0.717, 1.165) is 92.0 Å². The lowest BCUT2D eigenvalue weighted by molar-refractivity contribution is -0.118. The number of thioether (sulfide) groups is 6. The number of nitrogens with one attached hydrogen (secondary N) is 3. The molecule has 7 rings (SSSR count). The second kappa shape index (κ2) is 84.7. The maximum Gasteiger partial charge on any atom is 0.226 e. The molecule has 0 radical (unpaired) electrons. The zero-order chi connectivity index (χ0) is 100. The van der Waals surface area contributed by atoms with Gasteiger partial charge in [0.1, 0.15) is 11.5 Å². The largest absolute Gasteiger partial charge is 0.491 e. The number of carbonyl (C=O) groups is 2. The molecule has 3 N–H and O–H groups in total. The zero-order valence-corrected chi connectivity index (χ0v) is 95.3. The Balaban J connectivity index is -0.000000447. The van der Waals surface area contributed by atoms with Gasteiger partial charge < -0.3 is 34.4 Å². The van der Waals surface area contributed by atoms with Crippen LogP contribution in [0.5, 0.6) is 11.5 Å². The number of ketones is 1. The first kappa shape index (κ1) is 134. The first-order valence-corrected chi connectivity index (χ1v) is 54.5. The number of rotatable bonds is 38. The van der Waals surface area contributed by atoms with Crippen LogP contribution in [-0.4, -0.2) is 108 Å². The van der Waals surface area contributed by atoms with Gasteiger partial charge in [-0.25, -0.2) is 5.48 Å². The van der Waals surface area contributed by atoms with Crippen LogP contribution in [0.1, 0.15) is 325 Å². The summed E-state index contributed by atoms with van der Waals surface area (Å²) in [5.74, 6) is 11.2. The van der Waals surface area contributed by atoms with Crippen LogP contribution in [0.3, 0.4) is 0 Å². The van der Waals surface area contributed by atoms with Crippen LogP contribution >= 0.6 is 70.6 Å². The monoisotopic (exact) mass is 1910 g/mol. The molecule has 7 aromatic carbocycles. The number of anilines is 1. The average molecular weight is 1910 g/mol. The highest BCUT2D eigenvalue weighted by Crippen LogP contribution is 2.26.